The molecule has 3 aromatic carbocycles. The average molecular weight is 496 g/mol. The number of benzene rings is 3. The number of nitrogens with zero attached hydrogens (tertiary/aromatic N) is 3. The summed E-state index contributed by atoms with van der Waals surface area (Å²) >= 11 is 11.6. The molecule has 0 saturated carbocycles. The van der Waals surface area contributed by atoms with Crippen LogP contribution >= 0.6 is 23.8 Å². The van der Waals surface area contributed by atoms with Gasteiger partial charge in [0, 0.05) is 11.3 Å². The van der Waals surface area contributed by atoms with E-state index in [0.29, 0.717) is 51.1 Å². The molecule has 0 spiro atoms. The summed E-state index contributed by atoms with van der Waals surface area (Å²) in [5.41, 5.74) is 4.11. The van der Waals surface area contributed by atoms with Gasteiger partial charge in [-0.2, -0.15) is 4.80 Å². The largest absolute Gasteiger partial charge is 0.495 e. The van der Waals surface area contributed by atoms with Crippen LogP contribution in [0.3, 0.4) is 0 Å². The maximum atomic E-state index is 12.6. The lowest BCUT2D eigenvalue weighted by Gasteiger charge is -2.12. The molecular formula is C24H22ClN5O3S. The lowest BCUT2D eigenvalue weighted by Crippen LogP contribution is -2.34. The first kappa shape index (κ1) is 23.5. The van der Waals surface area contributed by atoms with Crippen molar-refractivity contribution in [2.45, 2.75) is 13.8 Å². The van der Waals surface area contributed by atoms with Gasteiger partial charge in [-0.25, -0.2) is 0 Å². The Morgan fingerprint density at radius 1 is 1.12 bits per heavy atom. The first-order valence-electron chi connectivity index (χ1n) is 10.4. The Bertz CT molecular complexity index is 1390. The van der Waals surface area contributed by atoms with Crippen molar-refractivity contribution in [1.82, 2.24) is 20.3 Å². The van der Waals surface area contributed by atoms with Crippen molar-refractivity contribution in [3.8, 4) is 17.2 Å². The van der Waals surface area contributed by atoms with Crippen molar-refractivity contribution >= 4 is 51.6 Å². The molecule has 0 radical (unpaired) electrons. The van der Waals surface area contributed by atoms with Gasteiger partial charge in [0.2, 0.25) is 0 Å². The van der Waals surface area contributed by atoms with Gasteiger partial charge in [0.25, 0.3) is 5.91 Å². The standard InChI is InChI=1S/C24H22ClN5O3S/c1-4-33-17-7-5-6-15(11-17)23(31)27-24(34)26-19-13-21-20(10-14(19)2)28-30(29-21)16-8-9-22(32-3)18(25)12-16/h5-13H,4H2,1-3H3,(H2,26,27,31,34). The second-order valence-corrected chi connectivity index (χ2v) is 8.15. The first-order valence-corrected chi connectivity index (χ1v) is 11.2. The quantitative estimate of drug-likeness (QED) is 0.367. The Morgan fingerprint density at radius 3 is 2.59 bits per heavy atom. The van der Waals surface area contributed by atoms with Crippen LogP contribution in [0.2, 0.25) is 5.02 Å². The number of methoxy groups -OCH3 is 1. The number of amides is 1. The molecule has 0 aliphatic carbocycles. The molecule has 1 heterocycles. The lowest BCUT2D eigenvalue weighted by atomic mass is 10.2. The van der Waals surface area contributed by atoms with Gasteiger partial charge in [-0.15, -0.1) is 10.2 Å². The van der Waals surface area contributed by atoms with Gasteiger partial charge >= 0.3 is 0 Å². The number of hydrogen-bond acceptors (Lipinski definition) is 6. The first-order chi connectivity index (χ1) is 16.4. The molecule has 0 aliphatic heterocycles. The van der Waals surface area contributed by atoms with Crippen molar-refractivity contribution in [1.29, 1.82) is 0 Å². The van der Waals surface area contributed by atoms with Crippen LogP contribution < -0.4 is 20.1 Å². The van der Waals surface area contributed by atoms with E-state index in [9.17, 15) is 4.79 Å². The number of carbonyl (C=O) groups is 1. The highest BCUT2D eigenvalue weighted by Crippen LogP contribution is 2.27. The molecule has 10 heteroatoms. The van der Waals surface area contributed by atoms with E-state index < -0.39 is 0 Å². The SMILES string of the molecule is CCOc1cccc(C(=O)NC(=S)Nc2cc3nn(-c4ccc(OC)c(Cl)c4)nc3cc2C)c1. The molecule has 0 fully saturated rings. The molecule has 4 rings (SSSR count). The summed E-state index contributed by atoms with van der Waals surface area (Å²) < 4.78 is 10.6. The molecule has 8 nitrogen and oxygen atoms in total. The molecule has 0 unspecified atom stereocenters. The third-order valence-corrected chi connectivity index (χ3v) is 5.47. The second kappa shape index (κ2) is 10.1. The number of fused-ring (bicyclic) bond motifs is 1. The van der Waals surface area contributed by atoms with E-state index in [1.807, 2.05) is 32.0 Å². The van der Waals surface area contributed by atoms with Crippen molar-refractivity contribution < 1.29 is 14.3 Å². The minimum absolute atomic E-state index is 0.170. The zero-order valence-electron chi connectivity index (χ0n) is 18.8. The van der Waals surface area contributed by atoms with Crippen LogP contribution in [-0.4, -0.2) is 39.7 Å². The number of nitrogens with one attached hydrogen (secondary N) is 2. The van der Waals surface area contributed by atoms with Gasteiger partial charge in [0.1, 0.15) is 22.5 Å². The number of hydrogen-bond donors (Lipinski definition) is 2. The fourth-order valence-corrected chi connectivity index (χ4v) is 3.77. The number of anilines is 1. The Balaban J connectivity index is 1.51. The predicted octanol–water partition coefficient (Wildman–Crippen LogP) is 4.92. The van der Waals surface area contributed by atoms with Gasteiger partial charge in [-0.3, -0.25) is 10.1 Å². The highest BCUT2D eigenvalue weighted by atomic mass is 35.5. The molecule has 1 amide bonds. The van der Waals surface area contributed by atoms with E-state index in [0.717, 1.165) is 5.56 Å². The van der Waals surface area contributed by atoms with Crippen LogP contribution in [0.1, 0.15) is 22.8 Å². The number of aryl methyl sites for hydroxylation is 1. The van der Waals surface area contributed by atoms with E-state index in [4.69, 9.17) is 33.3 Å². The molecular weight excluding hydrogens is 474 g/mol. The maximum Gasteiger partial charge on any atom is 0.257 e. The second-order valence-electron chi connectivity index (χ2n) is 7.33. The average Bonchev–Trinajstić information content (AvgIpc) is 3.22. The van der Waals surface area contributed by atoms with Crippen LogP contribution in [-0.2, 0) is 0 Å². The molecule has 0 atom stereocenters. The summed E-state index contributed by atoms with van der Waals surface area (Å²) in [7, 11) is 1.56. The van der Waals surface area contributed by atoms with Gasteiger partial charge in [-0.05, 0) is 80.2 Å². The summed E-state index contributed by atoms with van der Waals surface area (Å²) in [5.74, 6) is 0.862. The Labute approximate surface area is 206 Å². The topological polar surface area (TPSA) is 90.3 Å². The summed E-state index contributed by atoms with van der Waals surface area (Å²) in [5, 5.41) is 15.5. The molecule has 0 aliphatic rings. The molecule has 0 saturated heterocycles. The summed E-state index contributed by atoms with van der Waals surface area (Å²) in [4.78, 5) is 14.1. The van der Waals surface area contributed by atoms with Crippen LogP contribution in [0.4, 0.5) is 5.69 Å². The van der Waals surface area contributed by atoms with E-state index in [2.05, 4.69) is 20.8 Å². The third-order valence-electron chi connectivity index (χ3n) is 4.98. The van der Waals surface area contributed by atoms with Crippen molar-refractivity contribution in [2.24, 2.45) is 0 Å². The zero-order valence-corrected chi connectivity index (χ0v) is 20.3. The minimum atomic E-state index is -0.333. The monoisotopic (exact) mass is 495 g/mol. The van der Waals surface area contributed by atoms with Crippen LogP contribution in [0.15, 0.2) is 54.6 Å². The normalized spacial score (nSPS) is 10.7. The summed E-state index contributed by atoms with van der Waals surface area (Å²) in [6.45, 7) is 4.32. The molecule has 4 aromatic rings. The fraction of sp³-hybridized carbons (Fsp3) is 0.167. The van der Waals surface area contributed by atoms with E-state index >= 15 is 0 Å². The van der Waals surface area contributed by atoms with E-state index in [1.54, 1.807) is 43.5 Å². The number of rotatable bonds is 6. The van der Waals surface area contributed by atoms with Gasteiger partial charge < -0.3 is 14.8 Å². The molecule has 34 heavy (non-hydrogen) atoms. The van der Waals surface area contributed by atoms with Crippen LogP contribution in [0.5, 0.6) is 11.5 Å². The molecule has 1 aromatic heterocycles. The third kappa shape index (κ3) is 5.11. The Kier molecular flexibility index (Phi) is 6.95. The number of thiocarbonyl (C=S) groups is 1. The molecule has 174 valence electrons. The van der Waals surface area contributed by atoms with Crippen LogP contribution in [0, 0.1) is 6.92 Å². The minimum Gasteiger partial charge on any atom is -0.495 e. The summed E-state index contributed by atoms with van der Waals surface area (Å²) in [6.07, 6.45) is 0. The Hall–Kier alpha value is -3.69. The smallest absolute Gasteiger partial charge is 0.257 e. The van der Waals surface area contributed by atoms with Crippen molar-refractivity contribution in [3.05, 3.63) is 70.7 Å². The van der Waals surface area contributed by atoms with Crippen LogP contribution in [0.25, 0.3) is 16.7 Å². The van der Waals surface area contributed by atoms with Gasteiger partial charge in [-0.1, -0.05) is 17.7 Å². The molecule has 0 bridgehead atoms. The lowest BCUT2D eigenvalue weighted by molar-refractivity contribution is 0.0977. The number of ether oxygens (including phenoxy) is 2. The summed E-state index contributed by atoms with van der Waals surface area (Å²) in [6, 6.07) is 15.9. The highest BCUT2D eigenvalue weighted by Gasteiger charge is 2.13. The van der Waals surface area contributed by atoms with E-state index in [1.165, 1.54) is 4.80 Å². The number of aromatic nitrogens is 3. The number of carbonyl (C=O) groups excluding carboxylic acids is 1. The number of halogens is 1. The Morgan fingerprint density at radius 2 is 1.88 bits per heavy atom. The van der Waals surface area contributed by atoms with Crippen molar-refractivity contribution in [3.63, 3.8) is 0 Å². The zero-order chi connectivity index (χ0) is 24.2. The van der Waals surface area contributed by atoms with Gasteiger partial charge in [0.15, 0.2) is 5.11 Å². The predicted molar refractivity (Wildman–Crippen MR) is 136 cm³/mol. The fourth-order valence-electron chi connectivity index (χ4n) is 3.32. The van der Waals surface area contributed by atoms with Crippen molar-refractivity contribution in [2.75, 3.05) is 19.0 Å². The molecule has 2 N–H and O–H groups in total. The van der Waals surface area contributed by atoms with E-state index in [-0.39, 0.29) is 11.0 Å². The van der Waals surface area contributed by atoms with Gasteiger partial charge in [0.05, 0.1) is 24.4 Å². The maximum absolute atomic E-state index is 12.6. The highest BCUT2D eigenvalue weighted by molar-refractivity contribution is 7.80.